The minimum atomic E-state index is -0.365. The summed E-state index contributed by atoms with van der Waals surface area (Å²) in [6, 6.07) is 29.3. The van der Waals surface area contributed by atoms with Crippen LogP contribution in [0.25, 0.3) is 0 Å². The first-order chi connectivity index (χ1) is 17.1. The number of amides is 1. The molecule has 0 aromatic heterocycles. The summed E-state index contributed by atoms with van der Waals surface area (Å²) in [6.45, 7) is 0.761. The Bertz CT molecular complexity index is 1290. The summed E-state index contributed by atoms with van der Waals surface area (Å²) in [5, 5.41) is 5.42. The Morgan fingerprint density at radius 2 is 1.31 bits per heavy atom. The minimum absolute atomic E-state index is 0.317. The molecule has 0 aliphatic rings. The van der Waals surface area contributed by atoms with Gasteiger partial charge in [0.2, 0.25) is 0 Å². The van der Waals surface area contributed by atoms with Crippen molar-refractivity contribution in [1.82, 2.24) is 5.43 Å². The van der Waals surface area contributed by atoms with Gasteiger partial charge in [-0.1, -0.05) is 59.6 Å². The summed E-state index contributed by atoms with van der Waals surface area (Å²) in [5.74, 6) is 0.834. The number of hydrogen-bond donors (Lipinski definition) is 1. The fourth-order valence-electron chi connectivity index (χ4n) is 3.14. The van der Waals surface area contributed by atoms with E-state index >= 15 is 0 Å². The Kier molecular flexibility index (Phi) is 8.39. The van der Waals surface area contributed by atoms with Gasteiger partial charge in [0.15, 0.2) is 0 Å². The molecule has 35 heavy (non-hydrogen) atoms. The summed E-state index contributed by atoms with van der Waals surface area (Å²) in [4.78, 5) is 12.7. The Morgan fingerprint density at radius 3 is 1.94 bits per heavy atom. The van der Waals surface area contributed by atoms with Gasteiger partial charge in [0.05, 0.1) is 11.8 Å². The highest BCUT2D eigenvalue weighted by molar-refractivity contribution is 6.30. The number of carbonyl (C=O) groups excluding carboxylic acids is 1. The molecule has 0 saturated heterocycles. The van der Waals surface area contributed by atoms with Gasteiger partial charge in [-0.2, -0.15) is 5.10 Å². The van der Waals surface area contributed by atoms with E-state index in [1.807, 2.05) is 66.7 Å². The molecule has 5 nitrogen and oxygen atoms in total. The molecule has 0 atom stereocenters. The second-order valence-corrected chi connectivity index (χ2v) is 8.47. The van der Waals surface area contributed by atoms with Gasteiger partial charge in [-0.25, -0.2) is 5.43 Å². The van der Waals surface area contributed by atoms with Gasteiger partial charge < -0.3 is 9.47 Å². The van der Waals surface area contributed by atoms with Gasteiger partial charge in [-0.3, -0.25) is 4.79 Å². The lowest BCUT2D eigenvalue weighted by atomic mass is 10.2. The normalized spacial score (nSPS) is 10.8. The molecule has 0 heterocycles. The van der Waals surface area contributed by atoms with Gasteiger partial charge in [0, 0.05) is 10.0 Å². The molecule has 0 unspecified atom stereocenters. The summed E-state index contributed by atoms with van der Waals surface area (Å²) >= 11 is 11.8. The van der Waals surface area contributed by atoms with E-state index in [0.717, 1.165) is 22.4 Å². The highest BCUT2D eigenvalue weighted by Crippen LogP contribution is 2.20. The van der Waals surface area contributed by atoms with E-state index in [1.54, 1.807) is 36.5 Å². The van der Waals surface area contributed by atoms with Crippen LogP contribution in [0.4, 0.5) is 0 Å². The molecular formula is C28H22Cl2N2O3. The van der Waals surface area contributed by atoms with Crippen LogP contribution in [0, 0.1) is 0 Å². The first-order valence-electron chi connectivity index (χ1n) is 10.8. The average Bonchev–Trinajstić information content (AvgIpc) is 2.89. The highest BCUT2D eigenvalue weighted by Gasteiger charge is 2.11. The van der Waals surface area contributed by atoms with E-state index in [4.69, 9.17) is 32.7 Å². The van der Waals surface area contributed by atoms with Crippen molar-refractivity contribution in [3.63, 3.8) is 0 Å². The Hall–Kier alpha value is -3.80. The lowest BCUT2D eigenvalue weighted by Crippen LogP contribution is -2.18. The van der Waals surface area contributed by atoms with Crippen LogP contribution >= 0.6 is 23.2 Å². The number of nitrogens with zero attached hydrogens (tertiary/aromatic N) is 1. The molecule has 0 radical (unpaired) electrons. The summed E-state index contributed by atoms with van der Waals surface area (Å²) in [6.07, 6.45) is 1.57. The van der Waals surface area contributed by atoms with Crippen molar-refractivity contribution < 1.29 is 14.3 Å². The largest absolute Gasteiger partial charge is 0.489 e. The third-order valence-electron chi connectivity index (χ3n) is 5.02. The molecule has 176 valence electrons. The first-order valence-corrected chi connectivity index (χ1v) is 11.6. The first kappa shape index (κ1) is 24.3. The van der Waals surface area contributed by atoms with Crippen LogP contribution in [0.1, 0.15) is 27.0 Å². The van der Waals surface area contributed by atoms with Crippen LogP contribution in [0.3, 0.4) is 0 Å². The second-order valence-electron chi connectivity index (χ2n) is 7.59. The number of rotatable bonds is 9. The number of benzene rings is 4. The van der Waals surface area contributed by atoms with Crippen LogP contribution in [-0.2, 0) is 13.2 Å². The van der Waals surface area contributed by atoms with Crippen molar-refractivity contribution in [2.45, 2.75) is 13.2 Å². The van der Waals surface area contributed by atoms with Crippen molar-refractivity contribution in [3.05, 3.63) is 129 Å². The molecule has 0 bridgehead atoms. The van der Waals surface area contributed by atoms with Gasteiger partial charge in [0.25, 0.3) is 5.91 Å². The number of halogens is 2. The monoisotopic (exact) mass is 504 g/mol. The zero-order valence-corrected chi connectivity index (χ0v) is 20.2. The quantitative estimate of drug-likeness (QED) is 0.199. The predicted molar refractivity (Wildman–Crippen MR) is 140 cm³/mol. The number of para-hydroxylation sites is 1. The van der Waals surface area contributed by atoms with Crippen LogP contribution in [0.15, 0.2) is 102 Å². The molecule has 0 saturated carbocycles. The standard InChI is InChI=1S/C28H22Cl2N2O3/c29-23-11-5-21(6-12-23)18-34-25-15-9-20(10-16-25)17-31-32-28(33)26-3-1-2-4-27(26)35-19-22-7-13-24(30)14-8-22/h1-17H,18-19H2,(H,32,33)/b31-17+. The van der Waals surface area contributed by atoms with Crippen molar-refractivity contribution in [2.75, 3.05) is 0 Å². The lowest BCUT2D eigenvalue weighted by molar-refractivity contribution is 0.0950. The van der Waals surface area contributed by atoms with Crippen molar-refractivity contribution in [2.24, 2.45) is 5.10 Å². The molecule has 0 fully saturated rings. The number of hydrazone groups is 1. The third-order valence-corrected chi connectivity index (χ3v) is 5.52. The molecule has 0 aliphatic carbocycles. The second kappa shape index (κ2) is 12.1. The smallest absolute Gasteiger partial charge is 0.275 e. The zero-order chi connectivity index (χ0) is 24.5. The van der Waals surface area contributed by atoms with E-state index in [-0.39, 0.29) is 5.91 Å². The molecule has 0 spiro atoms. The summed E-state index contributed by atoms with van der Waals surface area (Å²) < 4.78 is 11.6. The van der Waals surface area contributed by atoms with Crippen molar-refractivity contribution >= 4 is 35.3 Å². The van der Waals surface area contributed by atoms with E-state index in [2.05, 4.69) is 10.5 Å². The van der Waals surface area contributed by atoms with Crippen LogP contribution in [-0.4, -0.2) is 12.1 Å². The van der Waals surface area contributed by atoms with Crippen LogP contribution < -0.4 is 14.9 Å². The molecule has 1 amide bonds. The predicted octanol–water partition coefficient (Wildman–Crippen LogP) is 6.92. The SMILES string of the molecule is O=C(N/N=C/c1ccc(OCc2ccc(Cl)cc2)cc1)c1ccccc1OCc1ccc(Cl)cc1. The van der Waals surface area contributed by atoms with Crippen molar-refractivity contribution in [3.8, 4) is 11.5 Å². The summed E-state index contributed by atoms with van der Waals surface area (Å²) in [5.41, 5.74) is 5.73. The maximum Gasteiger partial charge on any atom is 0.275 e. The van der Waals surface area contributed by atoms with E-state index in [9.17, 15) is 4.79 Å². The number of ether oxygens (including phenoxy) is 2. The molecule has 0 aliphatic heterocycles. The third kappa shape index (κ3) is 7.34. The molecule has 7 heteroatoms. The molecule has 4 rings (SSSR count). The Labute approximate surface area is 213 Å². The van der Waals surface area contributed by atoms with Gasteiger partial charge in [-0.05, 0) is 77.4 Å². The van der Waals surface area contributed by atoms with E-state index in [0.29, 0.717) is 34.6 Å². The molecular weight excluding hydrogens is 483 g/mol. The van der Waals surface area contributed by atoms with Crippen LogP contribution in [0.5, 0.6) is 11.5 Å². The van der Waals surface area contributed by atoms with Crippen molar-refractivity contribution in [1.29, 1.82) is 0 Å². The van der Waals surface area contributed by atoms with Gasteiger partial charge >= 0.3 is 0 Å². The maximum atomic E-state index is 12.7. The molecule has 1 N–H and O–H groups in total. The molecule has 4 aromatic rings. The van der Waals surface area contributed by atoms with E-state index in [1.165, 1.54) is 0 Å². The average molecular weight is 505 g/mol. The fraction of sp³-hybridized carbons (Fsp3) is 0.0714. The number of carbonyl (C=O) groups is 1. The van der Waals surface area contributed by atoms with Gasteiger partial charge in [-0.15, -0.1) is 0 Å². The van der Waals surface area contributed by atoms with E-state index < -0.39 is 0 Å². The number of nitrogens with one attached hydrogen (secondary N) is 1. The Morgan fingerprint density at radius 1 is 0.743 bits per heavy atom. The maximum absolute atomic E-state index is 12.7. The topological polar surface area (TPSA) is 59.9 Å². The van der Waals surface area contributed by atoms with Gasteiger partial charge in [0.1, 0.15) is 24.7 Å². The minimum Gasteiger partial charge on any atom is -0.489 e. The summed E-state index contributed by atoms with van der Waals surface area (Å²) in [7, 11) is 0. The highest BCUT2D eigenvalue weighted by atomic mass is 35.5. The number of hydrogen-bond acceptors (Lipinski definition) is 4. The van der Waals surface area contributed by atoms with Crippen LogP contribution in [0.2, 0.25) is 10.0 Å². The zero-order valence-electron chi connectivity index (χ0n) is 18.7. The molecule has 4 aromatic carbocycles. The Balaban J connectivity index is 1.30. The fourth-order valence-corrected chi connectivity index (χ4v) is 3.40. The lowest BCUT2D eigenvalue weighted by Gasteiger charge is -2.10.